The van der Waals surface area contributed by atoms with E-state index in [0.29, 0.717) is 5.92 Å². The van der Waals surface area contributed by atoms with Gasteiger partial charge in [-0.15, -0.1) is 0 Å². The highest BCUT2D eigenvalue weighted by atomic mass is 16.6. The van der Waals surface area contributed by atoms with Crippen molar-refractivity contribution in [2.24, 2.45) is 11.1 Å². The van der Waals surface area contributed by atoms with Crippen molar-refractivity contribution < 1.29 is 14.7 Å². The Morgan fingerprint density at radius 1 is 1.56 bits per heavy atom. The predicted octanol–water partition coefficient (Wildman–Crippen LogP) is 2.32. The van der Waals surface area contributed by atoms with E-state index in [1.807, 2.05) is 12.1 Å². The topological polar surface area (TPSA) is 71.8 Å². The minimum absolute atomic E-state index is 0.425. The van der Waals surface area contributed by atoms with Gasteiger partial charge < -0.3 is 9.94 Å². The van der Waals surface area contributed by atoms with Crippen LogP contribution in [0.4, 0.5) is 0 Å². The van der Waals surface area contributed by atoms with Gasteiger partial charge in [0, 0.05) is 18.0 Å². The zero-order valence-electron chi connectivity index (χ0n) is 10.7. The Kier molecular flexibility index (Phi) is 5.84. The van der Waals surface area contributed by atoms with E-state index in [1.54, 1.807) is 12.4 Å². The zero-order valence-corrected chi connectivity index (χ0v) is 10.7. The van der Waals surface area contributed by atoms with Crippen LogP contribution in [-0.2, 0) is 9.63 Å². The molecule has 1 rings (SSSR count). The van der Waals surface area contributed by atoms with Crippen molar-refractivity contribution in [3.05, 3.63) is 30.1 Å². The van der Waals surface area contributed by atoms with Crippen LogP contribution in [0.3, 0.4) is 0 Å². The number of rotatable bonds is 7. The second kappa shape index (κ2) is 7.42. The molecule has 18 heavy (non-hydrogen) atoms. The van der Waals surface area contributed by atoms with Crippen LogP contribution in [0, 0.1) is 5.92 Å². The molecule has 5 nitrogen and oxygen atoms in total. The fraction of sp³-hybridized carbons (Fsp3) is 0.462. The third-order valence-electron chi connectivity index (χ3n) is 2.32. The number of hydrogen-bond acceptors (Lipinski definition) is 4. The number of nitrogens with zero attached hydrogens (tertiary/aromatic N) is 2. The van der Waals surface area contributed by atoms with Crippen molar-refractivity contribution in [3.8, 4) is 0 Å². The highest BCUT2D eigenvalue weighted by molar-refractivity contribution is 5.99. The van der Waals surface area contributed by atoms with E-state index in [1.165, 1.54) is 0 Å². The molecule has 1 aromatic rings. The van der Waals surface area contributed by atoms with Gasteiger partial charge in [-0.1, -0.05) is 19.0 Å². The molecule has 0 unspecified atom stereocenters. The van der Waals surface area contributed by atoms with Crippen molar-refractivity contribution in [1.29, 1.82) is 0 Å². The van der Waals surface area contributed by atoms with Gasteiger partial charge in [-0.2, -0.15) is 0 Å². The SMILES string of the molecule is CC(C)CC/C(=N/OCC(=O)O)c1cccnc1. The Hall–Kier alpha value is -1.91. The summed E-state index contributed by atoms with van der Waals surface area (Å²) in [6, 6.07) is 3.70. The normalized spacial score (nSPS) is 11.6. The smallest absolute Gasteiger partial charge is 0.344 e. The molecule has 98 valence electrons. The molecule has 1 N–H and O–H groups in total. The molecular weight excluding hydrogens is 232 g/mol. The number of pyridine rings is 1. The fourth-order valence-electron chi connectivity index (χ4n) is 1.37. The number of aromatic nitrogens is 1. The Morgan fingerprint density at radius 2 is 2.33 bits per heavy atom. The van der Waals surface area contributed by atoms with E-state index in [4.69, 9.17) is 9.94 Å². The maximum atomic E-state index is 10.4. The van der Waals surface area contributed by atoms with Gasteiger partial charge in [-0.05, 0) is 30.9 Å². The summed E-state index contributed by atoms with van der Waals surface area (Å²) >= 11 is 0. The van der Waals surface area contributed by atoms with Crippen LogP contribution in [0.15, 0.2) is 29.7 Å². The third-order valence-corrected chi connectivity index (χ3v) is 2.32. The van der Waals surface area contributed by atoms with Gasteiger partial charge in [0.05, 0.1) is 5.71 Å². The van der Waals surface area contributed by atoms with E-state index in [0.717, 1.165) is 24.1 Å². The minimum atomic E-state index is -1.03. The Labute approximate surface area is 106 Å². The van der Waals surface area contributed by atoms with Gasteiger partial charge in [0.1, 0.15) is 0 Å². The second-order valence-electron chi connectivity index (χ2n) is 4.38. The Morgan fingerprint density at radius 3 is 2.89 bits per heavy atom. The van der Waals surface area contributed by atoms with E-state index < -0.39 is 12.6 Å². The van der Waals surface area contributed by atoms with E-state index in [9.17, 15) is 4.79 Å². The molecule has 1 heterocycles. The van der Waals surface area contributed by atoms with Gasteiger partial charge in [-0.3, -0.25) is 4.98 Å². The molecule has 0 spiro atoms. The van der Waals surface area contributed by atoms with E-state index in [-0.39, 0.29) is 0 Å². The summed E-state index contributed by atoms with van der Waals surface area (Å²) in [7, 11) is 0. The molecule has 0 saturated heterocycles. The summed E-state index contributed by atoms with van der Waals surface area (Å²) in [5.74, 6) is -0.487. The predicted molar refractivity (Wildman–Crippen MR) is 68.4 cm³/mol. The second-order valence-corrected chi connectivity index (χ2v) is 4.38. The first kappa shape index (κ1) is 14.2. The summed E-state index contributed by atoms with van der Waals surface area (Å²) in [5.41, 5.74) is 1.60. The van der Waals surface area contributed by atoms with Gasteiger partial charge in [0.25, 0.3) is 0 Å². The van der Waals surface area contributed by atoms with Crippen molar-refractivity contribution in [1.82, 2.24) is 4.98 Å². The lowest BCUT2D eigenvalue weighted by molar-refractivity contribution is -0.142. The molecule has 0 radical (unpaired) electrons. The molecule has 0 aliphatic rings. The maximum absolute atomic E-state index is 10.4. The summed E-state index contributed by atoms with van der Waals surface area (Å²) < 4.78 is 0. The molecule has 0 amide bonds. The molecule has 0 fully saturated rings. The van der Waals surface area contributed by atoms with Crippen LogP contribution in [0.1, 0.15) is 32.3 Å². The lowest BCUT2D eigenvalue weighted by Crippen LogP contribution is -2.08. The van der Waals surface area contributed by atoms with Crippen molar-refractivity contribution in [2.75, 3.05) is 6.61 Å². The van der Waals surface area contributed by atoms with Gasteiger partial charge in [0.15, 0.2) is 0 Å². The number of hydrogen-bond donors (Lipinski definition) is 1. The van der Waals surface area contributed by atoms with Crippen LogP contribution < -0.4 is 0 Å². The summed E-state index contributed by atoms with van der Waals surface area (Å²) in [5, 5.41) is 12.4. The summed E-state index contributed by atoms with van der Waals surface area (Å²) in [6.07, 6.45) is 5.08. The molecule has 0 aliphatic carbocycles. The highest BCUT2D eigenvalue weighted by Gasteiger charge is 2.07. The molecule has 5 heteroatoms. The van der Waals surface area contributed by atoms with Gasteiger partial charge in [0.2, 0.25) is 6.61 Å². The average Bonchev–Trinajstić information content (AvgIpc) is 2.34. The molecular formula is C13H18N2O3. The van der Waals surface area contributed by atoms with Gasteiger partial charge in [-0.25, -0.2) is 4.79 Å². The van der Waals surface area contributed by atoms with Crippen LogP contribution in [0.5, 0.6) is 0 Å². The molecule has 1 aromatic heterocycles. The Balaban J connectivity index is 2.71. The monoisotopic (exact) mass is 250 g/mol. The first-order valence-electron chi connectivity index (χ1n) is 5.90. The largest absolute Gasteiger partial charge is 0.479 e. The van der Waals surface area contributed by atoms with Gasteiger partial charge >= 0.3 is 5.97 Å². The first-order valence-corrected chi connectivity index (χ1v) is 5.90. The first-order chi connectivity index (χ1) is 8.59. The molecule has 0 aromatic carbocycles. The lowest BCUT2D eigenvalue weighted by Gasteiger charge is -2.08. The van der Waals surface area contributed by atoms with Crippen LogP contribution in [-0.4, -0.2) is 28.4 Å². The quantitative estimate of drug-likeness (QED) is 0.595. The number of carbonyl (C=O) groups is 1. The van der Waals surface area contributed by atoms with Crippen molar-refractivity contribution >= 4 is 11.7 Å². The Bertz CT molecular complexity index is 402. The van der Waals surface area contributed by atoms with Crippen LogP contribution in [0.2, 0.25) is 0 Å². The highest BCUT2D eigenvalue weighted by Crippen LogP contribution is 2.10. The van der Waals surface area contributed by atoms with E-state index in [2.05, 4.69) is 24.0 Å². The molecule has 0 aliphatic heterocycles. The number of carboxylic acids is 1. The van der Waals surface area contributed by atoms with Crippen molar-refractivity contribution in [3.63, 3.8) is 0 Å². The van der Waals surface area contributed by atoms with E-state index >= 15 is 0 Å². The zero-order chi connectivity index (χ0) is 13.4. The number of carboxylic acid groups (broad SMARTS) is 1. The number of aliphatic carboxylic acids is 1. The standard InChI is InChI=1S/C13H18N2O3/c1-10(2)5-6-12(15-18-9-13(16)17)11-4-3-7-14-8-11/h3-4,7-8,10H,5-6,9H2,1-2H3,(H,16,17)/b15-12-. The van der Waals surface area contributed by atoms with Crippen molar-refractivity contribution in [2.45, 2.75) is 26.7 Å². The average molecular weight is 250 g/mol. The summed E-state index contributed by atoms with van der Waals surface area (Å²) in [6.45, 7) is 3.82. The lowest BCUT2D eigenvalue weighted by atomic mass is 10.0. The minimum Gasteiger partial charge on any atom is -0.479 e. The summed E-state index contributed by atoms with van der Waals surface area (Å²) in [4.78, 5) is 19.2. The maximum Gasteiger partial charge on any atom is 0.344 e. The molecule has 0 bridgehead atoms. The van der Waals surface area contributed by atoms with Crippen LogP contribution >= 0.6 is 0 Å². The third kappa shape index (κ3) is 5.43. The fourth-order valence-corrected chi connectivity index (χ4v) is 1.37. The van der Waals surface area contributed by atoms with Crippen LogP contribution in [0.25, 0.3) is 0 Å². The molecule has 0 saturated carbocycles. The number of oxime groups is 1. The molecule has 0 atom stereocenters.